The molecule has 2 fully saturated rings. The second kappa shape index (κ2) is 5.70. The average Bonchev–Trinajstić information content (AvgIpc) is 2.09. The number of hydrogen-bond acceptors (Lipinski definition) is 3. The van der Waals surface area contributed by atoms with E-state index in [4.69, 9.17) is 4.74 Å². The van der Waals surface area contributed by atoms with Crippen molar-refractivity contribution < 1.29 is 9.53 Å². The maximum absolute atomic E-state index is 11.8. The van der Waals surface area contributed by atoms with Crippen molar-refractivity contribution >= 4 is 6.09 Å². The van der Waals surface area contributed by atoms with Crippen molar-refractivity contribution in [2.45, 2.75) is 71.1 Å². The van der Waals surface area contributed by atoms with Gasteiger partial charge in [-0.3, -0.25) is 4.90 Å². The van der Waals surface area contributed by atoms with Crippen molar-refractivity contribution in [3.05, 3.63) is 0 Å². The van der Waals surface area contributed by atoms with Gasteiger partial charge in [-0.1, -0.05) is 13.3 Å². The van der Waals surface area contributed by atoms with Gasteiger partial charge >= 0.3 is 6.09 Å². The van der Waals surface area contributed by atoms with Crippen LogP contribution in [0.1, 0.15) is 53.4 Å². The van der Waals surface area contributed by atoms with Crippen LogP contribution in [0, 0.1) is 5.92 Å². The van der Waals surface area contributed by atoms with Gasteiger partial charge in [0.2, 0.25) is 0 Å². The molecule has 0 aromatic heterocycles. The Balaban J connectivity index is 1.83. The molecule has 0 spiro atoms. The third kappa shape index (κ3) is 4.37. The molecule has 1 saturated heterocycles. The molecule has 0 radical (unpaired) electrons. The van der Waals surface area contributed by atoms with Crippen molar-refractivity contribution in [1.29, 1.82) is 0 Å². The molecule has 0 bridgehead atoms. The van der Waals surface area contributed by atoms with Gasteiger partial charge in [-0.05, 0) is 46.0 Å². The minimum Gasteiger partial charge on any atom is -0.444 e. The molecule has 1 saturated carbocycles. The van der Waals surface area contributed by atoms with Gasteiger partial charge in [0.25, 0.3) is 0 Å². The number of likely N-dealkylation sites (tertiary alicyclic amines) is 1. The number of ether oxygens (including phenoxy) is 1. The normalized spacial score (nSPS) is 29.7. The first-order chi connectivity index (χ1) is 8.83. The molecule has 1 aliphatic heterocycles. The lowest BCUT2D eigenvalue weighted by molar-refractivity contribution is 0.0355. The number of rotatable bonds is 2. The maximum Gasteiger partial charge on any atom is 0.407 e. The summed E-state index contributed by atoms with van der Waals surface area (Å²) in [6.45, 7) is 10.1. The third-order valence-corrected chi connectivity index (χ3v) is 4.00. The van der Waals surface area contributed by atoms with E-state index in [2.05, 4.69) is 17.1 Å². The SMILES string of the molecule is CC1CC(NC(=O)OC(C)(C)C)CN(C2CCC2)C1. The summed E-state index contributed by atoms with van der Waals surface area (Å²) in [6, 6.07) is 0.991. The number of nitrogens with one attached hydrogen (secondary N) is 1. The van der Waals surface area contributed by atoms with Gasteiger partial charge in [-0.25, -0.2) is 4.79 Å². The van der Waals surface area contributed by atoms with Crippen LogP contribution in [0.5, 0.6) is 0 Å². The number of piperidine rings is 1. The monoisotopic (exact) mass is 268 g/mol. The van der Waals surface area contributed by atoms with Crippen LogP contribution < -0.4 is 5.32 Å². The summed E-state index contributed by atoms with van der Waals surface area (Å²) in [6.07, 6.45) is 4.79. The Hall–Kier alpha value is -0.770. The molecule has 0 aromatic rings. The van der Waals surface area contributed by atoms with Gasteiger partial charge in [0, 0.05) is 25.2 Å². The molecule has 4 heteroatoms. The van der Waals surface area contributed by atoms with Gasteiger partial charge in [0.15, 0.2) is 0 Å². The predicted molar refractivity (Wildman–Crippen MR) is 76.2 cm³/mol. The molecule has 0 aromatic carbocycles. The summed E-state index contributed by atoms with van der Waals surface area (Å²) in [5.41, 5.74) is -0.419. The summed E-state index contributed by atoms with van der Waals surface area (Å²) in [4.78, 5) is 14.4. The van der Waals surface area contributed by atoms with E-state index < -0.39 is 5.60 Å². The Morgan fingerprint density at radius 1 is 1.26 bits per heavy atom. The van der Waals surface area contributed by atoms with E-state index in [1.165, 1.54) is 25.8 Å². The van der Waals surface area contributed by atoms with E-state index in [0.717, 1.165) is 19.0 Å². The molecule has 2 unspecified atom stereocenters. The van der Waals surface area contributed by atoms with Crippen LogP contribution in [-0.4, -0.2) is 41.8 Å². The van der Waals surface area contributed by atoms with Gasteiger partial charge in [0.1, 0.15) is 5.60 Å². The van der Waals surface area contributed by atoms with E-state index in [9.17, 15) is 4.79 Å². The zero-order chi connectivity index (χ0) is 14.0. The summed E-state index contributed by atoms with van der Waals surface area (Å²) in [5.74, 6) is 0.647. The van der Waals surface area contributed by atoms with Crippen molar-refractivity contribution in [2.24, 2.45) is 5.92 Å². The number of hydrogen-bond donors (Lipinski definition) is 1. The number of amides is 1. The van der Waals surface area contributed by atoms with Crippen LogP contribution >= 0.6 is 0 Å². The minimum atomic E-state index is -0.419. The first kappa shape index (κ1) is 14.6. The fourth-order valence-corrected chi connectivity index (χ4v) is 3.02. The molecule has 2 aliphatic rings. The second-order valence-corrected chi connectivity index (χ2v) is 7.22. The van der Waals surface area contributed by atoms with Gasteiger partial charge in [-0.2, -0.15) is 0 Å². The van der Waals surface area contributed by atoms with Crippen molar-refractivity contribution in [1.82, 2.24) is 10.2 Å². The number of carbonyl (C=O) groups excluding carboxylic acids is 1. The molecule has 1 aliphatic carbocycles. The topological polar surface area (TPSA) is 41.6 Å². The number of alkyl carbamates (subject to hydrolysis) is 1. The summed E-state index contributed by atoms with van der Waals surface area (Å²) < 4.78 is 5.34. The fourth-order valence-electron chi connectivity index (χ4n) is 3.02. The molecule has 1 amide bonds. The summed E-state index contributed by atoms with van der Waals surface area (Å²) in [7, 11) is 0. The number of carbonyl (C=O) groups is 1. The molecule has 1 N–H and O–H groups in total. The molecular formula is C15H28N2O2. The zero-order valence-electron chi connectivity index (χ0n) is 12.7. The molecule has 2 rings (SSSR count). The van der Waals surface area contributed by atoms with Crippen molar-refractivity contribution in [2.75, 3.05) is 13.1 Å². The van der Waals surface area contributed by atoms with Crippen LogP contribution in [-0.2, 0) is 4.74 Å². The van der Waals surface area contributed by atoms with E-state index >= 15 is 0 Å². The smallest absolute Gasteiger partial charge is 0.407 e. The first-order valence-corrected chi connectivity index (χ1v) is 7.57. The summed E-state index contributed by atoms with van der Waals surface area (Å²) in [5, 5.41) is 3.04. The molecule has 4 nitrogen and oxygen atoms in total. The standard InChI is InChI=1S/C15H28N2O2/c1-11-8-12(16-14(18)19-15(2,3)4)10-17(9-11)13-6-5-7-13/h11-13H,5-10H2,1-4H3,(H,16,18). The van der Waals surface area contributed by atoms with Crippen molar-refractivity contribution in [3.8, 4) is 0 Å². The Morgan fingerprint density at radius 2 is 1.95 bits per heavy atom. The zero-order valence-corrected chi connectivity index (χ0v) is 12.7. The highest BCUT2D eigenvalue weighted by atomic mass is 16.6. The lowest BCUT2D eigenvalue weighted by Gasteiger charge is -2.44. The molecule has 19 heavy (non-hydrogen) atoms. The Kier molecular flexibility index (Phi) is 4.39. The van der Waals surface area contributed by atoms with Crippen LogP contribution in [0.25, 0.3) is 0 Å². The predicted octanol–water partition coefficient (Wildman–Crippen LogP) is 2.77. The van der Waals surface area contributed by atoms with Gasteiger partial charge < -0.3 is 10.1 Å². The molecule has 110 valence electrons. The summed E-state index contributed by atoms with van der Waals surface area (Å²) >= 11 is 0. The van der Waals surface area contributed by atoms with Crippen LogP contribution in [0.15, 0.2) is 0 Å². The Morgan fingerprint density at radius 3 is 2.47 bits per heavy atom. The second-order valence-electron chi connectivity index (χ2n) is 7.22. The Labute approximate surface area is 116 Å². The van der Waals surface area contributed by atoms with Crippen molar-refractivity contribution in [3.63, 3.8) is 0 Å². The lowest BCUT2D eigenvalue weighted by Crippen LogP contribution is -2.55. The molecular weight excluding hydrogens is 240 g/mol. The van der Waals surface area contributed by atoms with Crippen LogP contribution in [0.2, 0.25) is 0 Å². The largest absolute Gasteiger partial charge is 0.444 e. The van der Waals surface area contributed by atoms with Gasteiger partial charge in [-0.15, -0.1) is 0 Å². The maximum atomic E-state index is 11.8. The molecule has 2 atom stereocenters. The van der Waals surface area contributed by atoms with Crippen LogP contribution in [0.3, 0.4) is 0 Å². The highest BCUT2D eigenvalue weighted by Crippen LogP contribution is 2.29. The highest BCUT2D eigenvalue weighted by Gasteiger charge is 2.33. The highest BCUT2D eigenvalue weighted by molar-refractivity contribution is 5.68. The average molecular weight is 268 g/mol. The quantitative estimate of drug-likeness (QED) is 0.837. The lowest BCUT2D eigenvalue weighted by atomic mass is 9.87. The van der Waals surface area contributed by atoms with Gasteiger partial charge in [0.05, 0.1) is 0 Å². The fraction of sp³-hybridized carbons (Fsp3) is 0.933. The first-order valence-electron chi connectivity index (χ1n) is 7.57. The van der Waals surface area contributed by atoms with E-state index in [0.29, 0.717) is 5.92 Å². The third-order valence-electron chi connectivity index (χ3n) is 4.00. The minimum absolute atomic E-state index is 0.235. The van der Waals surface area contributed by atoms with E-state index in [1.54, 1.807) is 0 Å². The Bertz CT molecular complexity index is 321. The van der Waals surface area contributed by atoms with Crippen LogP contribution in [0.4, 0.5) is 4.79 Å². The number of nitrogens with zero attached hydrogens (tertiary/aromatic N) is 1. The van der Waals surface area contributed by atoms with E-state index in [-0.39, 0.29) is 12.1 Å². The van der Waals surface area contributed by atoms with E-state index in [1.807, 2.05) is 20.8 Å². The molecule has 1 heterocycles.